The van der Waals surface area contributed by atoms with Crippen LogP contribution in [0.15, 0.2) is 48.5 Å². The molecule has 0 spiro atoms. The molecule has 2 aromatic carbocycles. The maximum atomic E-state index is 12.6. The Morgan fingerprint density at radius 1 is 1.18 bits per heavy atom. The molecule has 2 N–H and O–H groups in total. The second-order valence-corrected chi connectivity index (χ2v) is 6.91. The Balaban J connectivity index is 1.62. The topological polar surface area (TPSA) is 76.7 Å². The zero-order chi connectivity index (χ0) is 19.9. The highest BCUT2D eigenvalue weighted by molar-refractivity contribution is 6.04. The van der Waals surface area contributed by atoms with Gasteiger partial charge in [-0.05, 0) is 50.5 Å². The molecular weight excluding hydrogens is 356 g/mol. The number of hydrogen-bond donors (Lipinski definition) is 2. The molecule has 2 amide bonds. The number of aryl methyl sites for hydroxylation is 1. The second-order valence-electron chi connectivity index (χ2n) is 6.91. The predicted octanol–water partition coefficient (Wildman–Crippen LogP) is 3.31. The van der Waals surface area contributed by atoms with E-state index < -0.39 is 6.10 Å². The summed E-state index contributed by atoms with van der Waals surface area (Å²) in [5.74, 6) is 0.106. The van der Waals surface area contributed by atoms with Gasteiger partial charge in [0.1, 0.15) is 5.75 Å². The molecule has 2 atom stereocenters. The fourth-order valence-electron chi connectivity index (χ4n) is 3.06. The lowest BCUT2D eigenvalue weighted by molar-refractivity contribution is -0.122. The van der Waals surface area contributed by atoms with Crippen LogP contribution in [0.25, 0.3) is 0 Å². The zero-order valence-corrected chi connectivity index (χ0v) is 16.2. The van der Waals surface area contributed by atoms with Crippen LogP contribution in [0, 0.1) is 6.92 Å². The molecule has 148 valence electrons. The molecule has 0 aromatic heterocycles. The fraction of sp³-hybridized carbons (Fsp3) is 0.364. The SMILES string of the molecule is Cc1ccccc1O[C@@H](C)C(=O)Nc1ccccc1C(=O)NC[C@@H]1CCCO1. The van der Waals surface area contributed by atoms with Crippen molar-refractivity contribution in [1.29, 1.82) is 0 Å². The van der Waals surface area contributed by atoms with E-state index in [0.29, 0.717) is 23.5 Å². The second kappa shape index (κ2) is 9.37. The van der Waals surface area contributed by atoms with Crippen molar-refractivity contribution < 1.29 is 19.1 Å². The van der Waals surface area contributed by atoms with Gasteiger partial charge in [0.15, 0.2) is 6.10 Å². The molecule has 0 unspecified atom stereocenters. The first kappa shape index (κ1) is 19.9. The van der Waals surface area contributed by atoms with Crippen molar-refractivity contribution in [1.82, 2.24) is 5.32 Å². The smallest absolute Gasteiger partial charge is 0.265 e. The summed E-state index contributed by atoms with van der Waals surface area (Å²) in [7, 11) is 0. The summed E-state index contributed by atoms with van der Waals surface area (Å²) < 4.78 is 11.3. The number of carbonyl (C=O) groups excluding carboxylic acids is 2. The van der Waals surface area contributed by atoms with Gasteiger partial charge < -0.3 is 20.1 Å². The Morgan fingerprint density at radius 3 is 2.68 bits per heavy atom. The molecule has 1 aliphatic rings. The van der Waals surface area contributed by atoms with Crippen LogP contribution in [0.5, 0.6) is 5.75 Å². The summed E-state index contributed by atoms with van der Waals surface area (Å²) in [5.41, 5.74) is 1.82. The van der Waals surface area contributed by atoms with Crippen molar-refractivity contribution in [2.75, 3.05) is 18.5 Å². The molecule has 0 saturated carbocycles. The molecule has 0 radical (unpaired) electrons. The van der Waals surface area contributed by atoms with E-state index in [1.165, 1.54) is 0 Å². The maximum absolute atomic E-state index is 12.6. The normalized spacial score (nSPS) is 17.0. The molecule has 1 aliphatic heterocycles. The highest BCUT2D eigenvalue weighted by Crippen LogP contribution is 2.20. The average molecular weight is 382 g/mol. The third-order valence-corrected chi connectivity index (χ3v) is 4.71. The predicted molar refractivity (Wildman–Crippen MR) is 108 cm³/mol. The Labute approximate surface area is 165 Å². The first-order valence-electron chi connectivity index (χ1n) is 9.56. The van der Waals surface area contributed by atoms with Gasteiger partial charge in [-0.25, -0.2) is 0 Å². The first-order chi connectivity index (χ1) is 13.5. The van der Waals surface area contributed by atoms with Crippen LogP contribution < -0.4 is 15.4 Å². The molecule has 28 heavy (non-hydrogen) atoms. The van der Waals surface area contributed by atoms with Crippen molar-refractivity contribution in [2.24, 2.45) is 0 Å². The van der Waals surface area contributed by atoms with Gasteiger partial charge in [0.05, 0.1) is 17.4 Å². The summed E-state index contributed by atoms with van der Waals surface area (Å²) in [6, 6.07) is 14.5. The van der Waals surface area contributed by atoms with E-state index in [1.54, 1.807) is 31.2 Å². The van der Waals surface area contributed by atoms with Crippen LogP contribution in [0.4, 0.5) is 5.69 Å². The molecule has 6 nitrogen and oxygen atoms in total. The minimum atomic E-state index is -0.705. The van der Waals surface area contributed by atoms with Crippen LogP contribution in [0.3, 0.4) is 0 Å². The minimum Gasteiger partial charge on any atom is -0.481 e. The standard InChI is InChI=1S/C22H26N2O4/c1-15-8-3-6-12-20(15)28-16(2)21(25)24-19-11-5-4-10-18(19)22(26)23-14-17-9-7-13-27-17/h3-6,8,10-12,16-17H,7,9,13-14H2,1-2H3,(H,23,26)(H,24,25)/t16-,17-/m0/s1. The third kappa shape index (κ3) is 5.10. The molecule has 2 aromatic rings. The first-order valence-corrected chi connectivity index (χ1v) is 9.56. The van der Waals surface area contributed by atoms with Crippen LogP contribution >= 0.6 is 0 Å². The maximum Gasteiger partial charge on any atom is 0.265 e. The molecule has 1 saturated heterocycles. The van der Waals surface area contributed by atoms with E-state index in [1.807, 2.05) is 31.2 Å². The average Bonchev–Trinajstić information content (AvgIpc) is 3.22. The number of anilines is 1. The number of rotatable bonds is 7. The molecule has 0 aliphatic carbocycles. The van der Waals surface area contributed by atoms with Gasteiger partial charge in [0.25, 0.3) is 11.8 Å². The van der Waals surface area contributed by atoms with Gasteiger partial charge in [-0.2, -0.15) is 0 Å². The lowest BCUT2D eigenvalue weighted by atomic mass is 10.1. The number of ether oxygens (including phenoxy) is 2. The lowest BCUT2D eigenvalue weighted by Crippen LogP contribution is -2.34. The van der Waals surface area contributed by atoms with Crippen molar-refractivity contribution in [3.63, 3.8) is 0 Å². The Morgan fingerprint density at radius 2 is 1.93 bits per heavy atom. The van der Waals surface area contributed by atoms with Crippen molar-refractivity contribution in [2.45, 2.75) is 38.9 Å². The highest BCUT2D eigenvalue weighted by atomic mass is 16.5. The van der Waals surface area contributed by atoms with Gasteiger partial charge >= 0.3 is 0 Å². The largest absolute Gasteiger partial charge is 0.481 e. The van der Waals surface area contributed by atoms with Crippen LogP contribution in [0.1, 0.15) is 35.7 Å². The molecule has 3 rings (SSSR count). The number of hydrogen-bond acceptors (Lipinski definition) is 4. The summed E-state index contributed by atoms with van der Waals surface area (Å²) >= 11 is 0. The number of amides is 2. The van der Waals surface area contributed by atoms with E-state index in [9.17, 15) is 9.59 Å². The fourth-order valence-corrected chi connectivity index (χ4v) is 3.06. The quantitative estimate of drug-likeness (QED) is 0.770. The number of carbonyl (C=O) groups is 2. The van der Waals surface area contributed by atoms with Crippen molar-refractivity contribution in [3.8, 4) is 5.75 Å². The highest BCUT2D eigenvalue weighted by Gasteiger charge is 2.20. The van der Waals surface area contributed by atoms with E-state index in [0.717, 1.165) is 25.0 Å². The summed E-state index contributed by atoms with van der Waals surface area (Å²) in [6.07, 6.45) is 1.33. The third-order valence-electron chi connectivity index (χ3n) is 4.71. The Hall–Kier alpha value is -2.86. The molecule has 6 heteroatoms. The summed E-state index contributed by atoms with van der Waals surface area (Å²) in [5, 5.41) is 5.69. The van der Waals surface area contributed by atoms with Gasteiger partial charge in [-0.15, -0.1) is 0 Å². The number of benzene rings is 2. The number of nitrogens with one attached hydrogen (secondary N) is 2. The zero-order valence-electron chi connectivity index (χ0n) is 16.2. The Kier molecular flexibility index (Phi) is 6.66. The van der Waals surface area contributed by atoms with E-state index in [-0.39, 0.29) is 17.9 Å². The summed E-state index contributed by atoms with van der Waals surface area (Å²) in [4.78, 5) is 25.1. The van der Waals surface area contributed by atoms with Crippen LogP contribution in [-0.4, -0.2) is 37.2 Å². The van der Waals surface area contributed by atoms with Gasteiger partial charge in [-0.3, -0.25) is 9.59 Å². The van der Waals surface area contributed by atoms with E-state index in [2.05, 4.69) is 10.6 Å². The van der Waals surface area contributed by atoms with E-state index >= 15 is 0 Å². The molecule has 0 bridgehead atoms. The molecule has 1 fully saturated rings. The monoisotopic (exact) mass is 382 g/mol. The number of para-hydroxylation sites is 2. The summed E-state index contributed by atoms with van der Waals surface area (Å²) in [6.45, 7) is 4.81. The van der Waals surface area contributed by atoms with Crippen molar-refractivity contribution >= 4 is 17.5 Å². The molecule has 1 heterocycles. The molecular formula is C22H26N2O4. The minimum absolute atomic E-state index is 0.0632. The van der Waals surface area contributed by atoms with Gasteiger partial charge in [0.2, 0.25) is 0 Å². The van der Waals surface area contributed by atoms with Crippen LogP contribution in [0.2, 0.25) is 0 Å². The van der Waals surface area contributed by atoms with Gasteiger partial charge in [-0.1, -0.05) is 30.3 Å². The Bertz CT molecular complexity index is 831. The van der Waals surface area contributed by atoms with Gasteiger partial charge in [0, 0.05) is 13.2 Å². The van der Waals surface area contributed by atoms with Crippen molar-refractivity contribution in [3.05, 3.63) is 59.7 Å². The van der Waals surface area contributed by atoms with E-state index in [4.69, 9.17) is 9.47 Å². The van der Waals surface area contributed by atoms with Crippen LogP contribution in [-0.2, 0) is 9.53 Å². The lowest BCUT2D eigenvalue weighted by Gasteiger charge is -2.18.